The lowest BCUT2D eigenvalue weighted by Gasteiger charge is -2.09. The Bertz CT molecular complexity index is 2460. The summed E-state index contributed by atoms with van der Waals surface area (Å²) in [4.78, 5) is 2.22. The van der Waals surface area contributed by atoms with Crippen LogP contribution in [-0.2, 0) is 9.84 Å². The third-order valence-electron chi connectivity index (χ3n) is 8.09. The van der Waals surface area contributed by atoms with Crippen molar-refractivity contribution in [1.29, 1.82) is 21.0 Å². The van der Waals surface area contributed by atoms with Gasteiger partial charge in [-0.15, -0.1) is 0 Å². The highest BCUT2D eigenvalue weighted by molar-refractivity contribution is 7.99. The molecule has 46 heavy (non-hydrogen) atoms. The van der Waals surface area contributed by atoms with Gasteiger partial charge < -0.3 is 0 Å². The summed E-state index contributed by atoms with van der Waals surface area (Å²) in [6.45, 7) is 0. The van der Waals surface area contributed by atoms with Crippen molar-refractivity contribution in [2.24, 2.45) is 0 Å². The Hall–Kier alpha value is -6.16. The van der Waals surface area contributed by atoms with E-state index in [0.29, 0.717) is 39.0 Å². The number of nitriles is 4. The molecule has 0 N–H and O–H groups in total. The summed E-state index contributed by atoms with van der Waals surface area (Å²) in [7, 11) is -3.87. The van der Waals surface area contributed by atoms with E-state index >= 15 is 0 Å². The minimum atomic E-state index is -3.87. The van der Waals surface area contributed by atoms with E-state index in [2.05, 4.69) is 0 Å². The van der Waals surface area contributed by atoms with Gasteiger partial charge >= 0.3 is 0 Å². The van der Waals surface area contributed by atoms with Gasteiger partial charge in [0.05, 0.1) is 9.79 Å². The second-order valence-corrected chi connectivity index (χ2v) is 13.6. The van der Waals surface area contributed by atoms with Crippen LogP contribution in [0.1, 0.15) is 22.3 Å². The first-order chi connectivity index (χ1) is 22.4. The van der Waals surface area contributed by atoms with Crippen molar-refractivity contribution in [3.8, 4) is 46.5 Å². The molecule has 5 aromatic carbocycles. The number of hydrogen-bond donors (Lipinski definition) is 0. The van der Waals surface area contributed by atoms with Gasteiger partial charge in [-0.25, -0.2) is 8.42 Å². The highest BCUT2D eigenvalue weighted by Crippen LogP contribution is 2.54. The van der Waals surface area contributed by atoms with Gasteiger partial charge in [0.15, 0.2) is 0 Å². The summed E-state index contributed by atoms with van der Waals surface area (Å²) < 4.78 is 27.2. The summed E-state index contributed by atoms with van der Waals surface area (Å²) in [5.74, 6) is 0. The average Bonchev–Trinajstić information content (AvgIpc) is 3.57. The van der Waals surface area contributed by atoms with Crippen molar-refractivity contribution in [1.82, 2.24) is 0 Å². The Labute approximate surface area is 270 Å². The molecule has 0 atom stereocenters. The molecule has 0 saturated carbocycles. The average molecular weight is 627 g/mol. The second-order valence-electron chi connectivity index (χ2n) is 10.5. The number of allylic oxidation sites excluding steroid dienone is 2. The number of hydrogen-bond acceptors (Lipinski definition) is 7. The smallest absolute Gasteiger partial charge is 0.206 e. The molecule has 0 bridgehead atoms. The van der Waals surface area contributed by atoms with Crippen LogP contribution in [0.2, 0.25) is 0 Å². The molecule has 0 spiro atoms. The molecule has 0 heterocycles. The molecular formula is C38H18N4O2S2. The molecule has 0 fully saturated rings. The SMILES string of the molecule is N#CC(C#N)=C1c2ccc(Sc3ccccc3)cc2-c2cc3c(cc21)-c1cc(S(=O)(=O)c2ccccc2)ccc1C3=C(C#N)C#N. The molecule has 0 amide bonds. The van der Waals surface area contributed by atoms with Gasteiger partial charge in [0.2, 0.25) is 9.84 Å². The molecule has 0 saturated heterocycles. The van der Waals surface area contributed by atoms with Crippen LogP contribution >= 0.6 is 11.8 Å². The number of rotatable bonds is 4. The maximum Gasteiger partial charge on any atom is 0.206 e. The zero-order valence-electron chi connectivity index (χ0n) is 23.8. The number of benzene rings is 5. The quantitative estimate of drug-likeness (QED) is 0.180. The van der Waals surface area contributed by atoms with Crippen LogP contribution in [0.4, 0.5) is 0 Å². The number of nitrogens with zero attached hydrogens (tertiary/aromatic N) is 4. The first-order valence-corrected chi connectivity index (χ1v) is 16.3. The van der Waals surface area contributed by atoms with E-state index in [1.165, 1.54) is 18.2 Å². The van der Waals surface area contributed by atoms with Gasteiger partial charge in [0.25, 0.3) is 0 Å². The van der Waals surface area contributed by atoms with Crippen LogP contribution in [0.15, 0.2) is 140 Å². The van der Waals surface area contributed by atoms with Crippen molar-refractivity contribution in [2.75, 3.05) is 0 Å². The molecule has 214 valence electrons. The Morgan fingerprint density at radius 1 is 0.457 bits per heavy atom. The molecule has 0 unspecified atom stereocenters. The van der Waals surface area contributed by atoms with E-state index in [0.717, 1.165) is 26.5 Å². The van der Waals surface area contributed by atoms with Crippen molar-refractivity contribution in [2.45, 2.75) is 19.6 Å². The Balaban J connectivity index is 1.49. The molecule has 5 aromatic rings. The number of sulfone groups is 1. The van der Waals surface area contributed by atoms with Gasteiger partial charge in [0.1, 0.15) is 35.4 Å². The van der Waals surface area contributed by atoms with E-state index in [1.807, 2.05) is 84.9 Å². The fourth-order valence-corrected chi connectivity index (χ4v) is 8.27. The van der Waals surface area contributed by atoms with Crippen molar-refractivity contribution in [3.63, 3.8) is 0 Å². The van der Waals surface area contributed by atoms with Crippen LogP contribution in [0.3, 0.4) is 0 Å². The first-order valence-electron chi connectivity index (χ1n) is 14.0. The largest absolute Gasteiger partial charge is 0.219 e. The van der Waals surface area contributed by atoms with E-state index in [9.17, 15) is 29.5 Å². The van der Waals surface area contributed by atoms with Crippen LogP contribution in [0, 0.1) is 45.3 Å². The van der Waals surface area contributed by atoms with Crippen LogP contribution in [0.5, 0.6) is 0 Å². The highest BCUT2D eigenvalue weighted by atomic mass is 32.2. The first kappa shape index (κ1) is 28.6. The van der Waals surface area contributed by atoms with Crippen LogP contribution in [-0.4, -0.2) is 8.42 Å². The number of fused-ring (bicyclic) bond motifs is 6. The topological polar surface area (TPSA) is 129 Å². The third-order valence-corrected chi connectivity index (χ3v) is 10.9. The molecule has 0 aliphatic heterocycles. The lowest BCUT2D eigenvalue weighted by Crippen LogP contribution is -2.02. The maximum absolute atomic E-state index is 13.6. The van der Waals surface area contributed by atoms with Crippen molar-refractivity contribution >= 4 is 32.7 Å². The Morgan fingerprint density at radius 2 is 0.935 bits per heavy atom. The second kappa shape index (κ2) is 11.1. The maximum atomic E-state index is 13.6. The summed E-state index contributed by atoms with van der Waals surface area (Å²) >= 11 is 1.58. The summed E-state index contributed by atoms with van der Waals surface area (Å²) in [5, 5.41) is 39.9. The molecule has 2 aliphatic rings. The zero-order valence-corrected chi connectivity index (χ0v) is 25.4. The van der Waals surface area contributed by atoms with E-state index in [4.69, 9.17) is 0 Å². The Kier molecular flexibility index (Phi) is 6.89. The lowest BCUT2D eigenvalue weighted by molar-refractivity contribution is 0.596. The van der Waals surface area contributed by atoms with Crippen molar-refractivity contribution in [3.05, 3.63) is 143 Å². The molecule has 6 nitrogen and oxygen atoms in total. The van der Waals surface area contributed by atoms with Gasteiger partial charge in [-0.2, -0.15) is 21.0 Å². The Morgan fingerprint density at radius 3 is 1.48 bits per heavy atom. The molecule has 7 rings (SSSR count). The third kappa shape index (κ3) is 4.42. The van der Waals surface area contributed by atoms with Crippen LogP contribution < -0.4 is 0 Å². The summed E-state index contributed by atoms with van der Waals surface area (Å²) in [5.41, 5.74) is 5.99. The summed E-state index contributed by atoms with van der Waals surface area (Å²) in [6, 6.07) is 40.4. The van der Waals surface area contributed by atoms with Gasteiger partial charge in [-0.3, -0.25) is 0 Å². The van der Waals surface area contributed by atoms with E-state index in [-0.39, 0.29) is 20.9 Å². The molecular weight excluding hydrogens is 609 g/mol. The molecule has 0 aromatic heterocycles. The lowest BCUT2D eigenvalue weighted by atomic mass is 9.93. The minimum Gasteiger partial charge on any atom is -0.219 e. The van der Waals surface area contributed by atoms with Crippen molar-refractivity contribution < 1.29 is 8.42 Å². The zero-order chi connectivity index (χ0) is 32.0. The predicted molar refractivity (Wildman–Crippen MR) is 174 cm³/mol. The van der Waals surface area contributed by atoms with Gasteiger partial charge in [0, 0.05) is 20.9 Å². The highest BCUT2D eigenvalue weighted by Gasteiger charge is 2.34. The normalized spacial score (nSPS) is 12.0. The standard InChI is InChI=1S/C38H18N4O2S2/c39-19-23(20-40)37-29-13-11-26(45-25-7-3-1-4-8-25)15-31(29)33-17-36-34(18-35(33)37)32-16-28(46(43,44)27-9-5-2-6-10-27)12-14-30(32)38(36)24(21-41)22-42/h1-18H. The predicted octanol–water partition coefficient (Wildman–Crippen LogP) is 8.33. The molecule has 0 radical (unpaired) electrons. The molecule has 2 aliphatic carbocycles. The fourth-order valence-electron chi connectivity index (χ4n) is 6.08. The molecule has 8 heteroatoms. The van der Waals surface area contributed by atoms with Gasteiger partial charge in [-0.05, 0) is 105 Å². The summed E-state index contributed by atoms with van der Waals surface area (Å²) in [6.07, 6.45) is 0. The van der Waals surface area contributed by atoms with E-state index < -0.39 is 9.84 Å². The van der Waals surface area contributed by atoms with Gasteiger partial charge in [-0.1, -0.05) is 60.3 Å². The minimum absolute atomic E-state index is 0.0486. The van der Waals surface area contributed by atoms with E-state index in [1.54, 1.807) is 42.1 Å². The fraction of sp³-hybridized carbons (Fsp3) is 0. The van der Waals surface area contributed by atoms with Crippen LogP contribution in [0.25, 0.3) is 33.4 Å². The monoisotopic (exact) mass is 626 g/mol.